The maximum Gasteiger partial charge on any atom is 0.321 e. The summed E-state index contributed by atoms with van der Waals surface area (Å²) in [6, 6.07) is 2.09. The Labute approximate surface area is 119 Å². The number of aromatic amines is 1. The lowest BCUT2D eigenvalue weighted by atomic mass is 10.1. The number of amides is 3. The van der Waals surface area contributed by atoms with Crippen molar-refractivity contribution in [2.24, 2.45) is 5.73 Å². The Morgan fingerprint density at radius 3 is 2.80 bits per heavy atom. The predicted molar refractivity (Wildman–Crippen MR) is 73.9 cm³/mol. The average molecular weight is 298 g/mol. The minimum Gasteiger partial charge on any atom is -0.360 e. The van der Waals surface area contributed by atoms with Crippen LogP contribution < -0.4 is 5.73 Å². The van der Waals surface area contributed by atoms with Gasteiger partial charge in [-0.1, -0.05) is 11.6 Å². The lowest BCUT2D eigenvalue weighted by molar-refractivity contribution is -0.127. The number of nitrogens with zero attached hydrogens (tertiary/aromatic N) is 1. The van der Waals surface area contributed by atoms with Crippen molar-refractivity contribution in [2.45, 2.75) is 12.8 Å². The highest BCUT2D eigenvalue weighted by atomic mass is 35.5. The highest BCUT2D eigenvalue weighted by Crippen LogP contribution is 2.28. The molecule has 0 unspecified atom stereocenters. The van der Waals surface area contributed by atoms with Gasteiger partial charge in [-0.15, -0.1) is 0 Å². The first-order valence-corrected chi connectivity index (χ1v) is 6.29. The van der Waals surface area contributed by atoms with Crippen LogP contribution in [0.15, 0.2) is 18.3 Å². The number of primary amides is 1. The summed E-state index contributed by atoms with van der Waals surface area (Å²) >= 11 is 5.85. The normalized spacial score (nSPS) is 10.8. The van der Waals surface area contributed by atoms with Crippen molar-refractivity contribution >= 4 is 34.4 Å². The number of benzene rings is 1. The Bertz CT molecular complexity index is 684. The van der Waals surface area contributed by atoms with Crippen molar-refractivity contribution in [2.75, 3.05) is 7.05 Å². The molecule has 1 aromatic carbocycles. The number of halogens is 2. The molecule has 106 valence electrons. The highest BCUT2D eigenvalue weighted by Gasteiger charge is 2.15. The number of hydrogen-bond donors (Lipinski definition) is 2. The zero-order valence-electron chi connectivity index (χ0n) is 10.7. The molecule has 0 aliphatic rings. The summed E-state index contributed by atoms with van der Waals surface area (Å²) in [5, 5.41) is 0.778. The number of imide groups is 1. The quantitative estimate of drug-likeness (QED) is 0.912. The fraction of sp³-hybridized carbons (Fsp3) is 0.231. The largest absolute Gasteiger partial charge is 0.360 e. The number of aryl methyl sites for hydroxylation is 1. The monoisotopic (exact) mass is 297 g/mol. The first kappa shape index (κ1) is 14.3. The summed E-state index contributed by atoms with van der Waals surface area (Å²) in [4.78, 5) is 26.3. The molecular formula is C13H13ClFN3O2. The number of aromatic nitrogens is 1. The smallest absolute Gasteiger partial charge is 0.321 e. The summed E-state index contributed by atoms with van der Waals surface area (Å²) in [5.74, 6) is -0.878. The number of H-pyrrole nitrogens is 1. The van der Waals surface area contributed by atoms with Crippen molar-refractivity contribution in [1.82, 2.24) is 9.88 Å². The van der Waals surface area contributed by atoms with Crippen molar-refractivity contribution < 1.29 is 14.0 Å². The van der Waals surface area contributed by atoms with E-state index in [1.165, 1.54) is 13.1 Å². The maximum absolute atomic E-state index is 13.3. The average Bonchev–Trinajstić information content (AvgIpc) is 2.83. The molecule has 1 heterocycles. The van der Waals surface area contributed by atoms with E-state index in [1.807, 2.05) is 0 Å². The number of hydrogen-bond acceptors (Lipinski definition) is 2. The molecule has 0 radical (unpaired) electrons. The standard InChI is InChI=1S/C13H13ClFN3O2/c1-18(13(16)20)10(19)5-2-7-6-17-12-8(7)3-4-9(15)11(12)14/h3-4,6,17H,2,5H2,1H3,(H2,16,20). The van der Waals surface area contributed by atoms with Crippen LogP contribution in [0.5, 0.6) is 0 Å². The second-order valence-corrected chi connectivity index (χ2v) is 4.77. The molecule has 20 heavy (non-hydrogen) atoms. The third kappa shape index (κ3) is 2.60. The van der Waals surface area contributed by atoms with Gasteiger partial charge in [0.2, 0.25) is 5.91 Å². The fourth-order valence-electron chi connectivity index (χ4n) is 1.94. The van der Waals surface area contributed by atoms with Crippen molar-refractivity contribution in [3.05, 3.63) is 34.7 Å². The highest BCUT2D eigenvalue weighted by molar-refractivity contribution is 6.35. The van der Waals surface area contributed by atoms with E-state index in [1.54, 1.807) is 12.3 Å². The maximum atomic E-state index is 13.3. The van der Waals surface area contributed by atoms with Crippen LogP contribution in [0.25, 0.3) is 10.9 Å². The number of urea groups is 1. The van der Waals surface area contributed by atoms with Crippen LogP contribution in [0.2, 0.25) is 5.02 Å². The van der Waals surface area contributed by atoms with E-state index < -0.39 is 11.8 Å². The molecule has 0 fully saturated rings. The number of nitrogens with one attached hydrogen (secondary N) is 1. The van der Waals surface area contributed by atoms with E-state index in [0.29, 0.717) is 11.9 Å². The number of fused-ring (bicyclic) bond motifs is 1. The third-order valence-corrected chi connectivity index (χ3v) is 3.51. The Morgan fingerprint density at radius 2 is 2.15 bits per heavy atom. The van der Waals surface area contributed by atoms with Crippen LogP contribution in [-0.2, 0) is 11.2 Å². The zero-order valence-corrected chi connectivity index (χ0v) is 11.5. The van der Waals surface area contributed by atoms with E-state index in [2.05, 4.69) is 4.98 Å². The van der Waals surface area contributed by atoms with Gasteiger partial charge in [-0.05, 0) is 24.1 Å². The number of nitrogens with two attached hydrogens (primary N) is 1. The number of carbonyl (C=O) groups excluding carboxylic acids is 2. The molecule has 3 amide bonds. The second-order valence-electron chi connectivity index (χ2n) is 4.39. The van der Waals surface area contributed by atoms with Crippen LogP contribution in [0.4, 0.5) is 9.18 Å². The van der Waals surface area contributed by atoms with Gasteiger partial charge in [0.15, 0.2) is 0 Å². The fourth-order valence-corrected chi connectivity index (χ4v) is 2.15. The molecule has 2 rings (SSSR count). The SMILES string of the molecule is CN(C(N)=O)C(=O)CCc1c[nH]c2c(Cl)c(F)ccc12. The molecule has 0 atom stereocenters. The molecule has 0 aliphatic carbocycles. The van der Waals surface area contributed by atoms with Crippen LogP contribution in [0.3, 0.4) is 0 Å². The van der Waals surface area contributed by atoms with Gasteiger partial charge >= 0.3 is 6.03 Å². The van der Waals surface area contributed by atoms with E-state index >= 15 is 0 Å². The van der Waals surface area contributed by atoms with Gasteiger partial charge in [0.05, 0.1) is 5.52 Å². The zero-order chi connectivity index (χ0) is 14.9. The van der Waals surface area contributed by atoms with E-state index in [9.17, 15) is 14.0 Å². The molecule has 1 aromatic heterocycles. The molecule has 0 saturated carbocycles. The van der Waals surface area contributed by atoms with Crippen LogP contribution in [-0.4, -0.2) is 28.9 Å². The Morgan fingerprint density at radius 1 is 1.45 bits per heavy atom. The predicted octanol–water partition coefficient (Wildman–Crippen LogP) is 2.43. The first-order chi connectivity index (χ1) is 9.41. The molecule has 3 N–H and O–H groups in total. The van der Waals surface area contributed by atoms with E-state index in [0.717, 1.165) is 15.8 Å². The molecule has 0 spiro atoms. The van der Waals surface area contributed by atoms with Crippen LogP contribution >= 0.6 is 11.6 Å². The molecule has 2 aromatic rings. The van der Waals surface area contributed by atoms with Crippen LogP contribution in [0, 0.1) is 5.82 Å². The van der Waals surface area contributed by atoms with E-state index in [4.69, 9.17) is 17.3 Å². The summed E-state index contributed by atoms with van der Waals surface area (Å²) in [5.41, 5.74) is 6.34. The van der Waals surface area contributed by atoms with Gasteiger partial charge in [-0.25, -0.2) is 9.18 Å². The van der Waals surface area contributed by atoms with Gasteiger partial charge in [0.1, 0.15) is 10.8 Å². The van der Waals surface area contributed by atoms with Gasteiger partial charge in [0.25, 0.3) is 0 Å². The second kappa shape index (κ2) is 5.50. The minimum absolute atomic E-state index is 0.0225. The molecule has 0 bridgehead atoms. The Hall–Kier alpha value is -2.08. The number of rotatable bonds is 3. The summed E-state index contributed by atoms with van der Waals surface area (Å²) in [6.45, 7) is 0. The van der Waals surface area contributed by atoms with Crippen molar-refractivity contribution in [3.8, 4) is 0 Å². The number of carbonyl (C=O) groups is 2. The topological polar surface area (TPSA) is 79.2 Å². The molecule has 0 saturated heterocycles. The van der Waals surface area contributed by atoms with Crippen LogP contribution in [0.1, 0.15) is 12.0 Å². The van der Waals surface area contributed by atoms with Crippen molar-refractivity contribution in [3.63, 3.8) is 0 Å². The van der Waals surface area contributed by atoms with Gasteiger partial charge in [0, 0.05) is 25.1 Å². The molecule has 0 aliphatic heterocycles. The summed E-state index contributed by atoms with van der Waals surface area (Å²) < 4.78 is 13.3. The lowest BCUT2D eigenvalue weighted by Gasteiger charge is -2.11. The molecular weight excluding hydrogens is 285 g/mol. The Kier molecular flexibility index (Phi) is 3.94. The molecule has 7 heteroatoms. The first-order valence-electron chi connectivity index (χ1n) is 5.91. The summed E-state index contributed by atoms with van der Waals surface area (Å²) in [6.07, 6.45) is 2.20. The third-order valence-electron chi connectivity index (χ3n) is 3.14. The Balaban J connectivity index is 2.17. The summed E-state index contributed by atoms with van der Waals surface area (Å²) in [7, 11) is 1.33. The van der Waals surface area contributed by atoms with Gasteiger partial charge in [-0.2, -0.15) is 0 Å². The van der Waals surface area contributed by atoms with Gasteiger partial charge in [-0.3, -0.25) is 9.69 Å². The minimum atomic E-state index is -0.793. The lowest BCUT2D eigenvalue weighted by Crippen LogP contribution is -2.37. The van der Waals surface area contributed by atoms with Crippen molar-refractivity contribution in [1.29, 1.82) is 0 Å². The van der Waals surface area contributed by atoms with Gasteiger partial charge < -0.3 is 10.7 Å². The molecule has 5 nitrogen and oxygen atoms in total. The van der Waals surface area contributed by atoms with E-state index in [-0.39, 0.29) is 17.4 Å².